The lowest BCUT2D eigenvalue weighted by atomic mass is 10.3. The Morgan fingerprint density at radius 2 is 1.00 bits per heavy atom. The van der Waals surface area contributed by atoms with Crippen LogP contribution < -0.4 is 39.0 Å². The van der Waals surface area contributed by atoms with E-state index in [9.17, 15) is 0 Å². The first-order chi connectivity index (χ1) is 14.1. The zero-order valence-corrected chi connectivity index (χ0v) is 19.2. The van der Waals surface area contributed by atoms with E-state index in [1.165, 1.54) is 0 Å². The van der Waals surface area contributed by atoms with E-state index in [4.69, 9.17) is 28.4 Å². The maximum absolute atomic E-state index is 5.78. The van der Waals surface area contributed by atoms with Crippen molar-refractivity contribution in [3.63, 3.8) is 0 Å². The summed E-state index contributed by atoms with van der Waals surface area (Å²) in [6.45, 7) is 2.19. The quantitative estimate of drug-likeness (QED) is 0.511. The van der Waals surface area contributed by atoms with Crippen LogP contribution in [0.3, 0.4) is 0 Å². The molecule has 0 aliphatic carbocycles. The van der Waals surface area contributed by atoms with Gasteiger partial charge in [-0.3, -0.25) is 0 Å². The molecular formula is C22H31O6P. The third-order valence-electron chi connectivity index (χ3n) is 4.68. The summed E-state index contributed by atoms with van der Waals surface area (Å²) in [7, 11) is 8.98. The van der Waals surface area contributed by atoms with Gasteiger partial charge in [0.1, 0.15) is 0 Å². The van der Waals surface area contributed by atoms with Gasteiger partial charge in [-0.25, -0.2) is 0 Å². The summed E-state index contributed by atoms with van der Waals surface area (Å²) in [5.74, 6) is 3.83. The molecule has 0 N–H and O–H groups in total. The summed E-state index contributed by atoms with van der Waals surface area (Å²) < 4.78 is 33.7. The topological polar surface area (TPSA) is 55.4 Å². The van der Waals surface area contributed by atoms with Gasteiger partial charge in [0.05, 0.1) is 42.7 Å². The van der Waals surface area contributed by atoms with Crippen LogP contribution in [0.5, 0.6) is 34.5 Å². The average Bonchev–Trinajstić information content (AvgIpc) is 2.77. The van der Waals surface area contributed by atoms with Crippen molar-refractivity contribution in [2.75, 3.05) is 48.8 Å². The van der Waals surface area contributed by atoms with E-state index in [1.807, 2.05) is 12.1 Å². The zero-order chi connectivity index (χ0) is 21.4. The van der Waals surface area contributed by atoms with Crippen molar-refractivity contribution in [2.24, 2.45) is 0 Å². The molecule has 0 aliphatic heterocycles. The molecule has 0 fully saturated rings. The Morgan fingerprint density at radius 1 is 0.586 bits per heavy atom. The fraction of sp³-hybridized carbons (Fsp3) is 0.455. The van der Waals surface area contributed by atoms with Crippen molar-refractivity contribution in [1.82, 2.24) is 0 Å². The van der Waals surface area contributed by atoms with Crippen LogP contribution in [0.2, 0.25) is 0 Å². The maximum atomic E-state index is 5.78. The normalized spacial score (nSPS) is 10.6. The van der Waals surface area contributed by atoms with Crippen LogP contribution in [-0.2, 0) is 0 Å². The van der Waals surface area contributed by atoms with E-state index in [0.29, 0.717) is 34.5 Å². The number of ether oxygens (including phenoxy) is 6. The van der Waals surface area contributed by atoms with E-state index in [-0.39, 0.29) is 0 Å². The molecule has 0 aliphatic rings. The summed E-state index contributed by atoms with van der Waals surface area (Å²) in [4.78, 5) is 0. The maximum Gasteiger partial charge on any atom is 0.203 e. The highest BCUT2D eigenvalue weighted by Gasteiger charge is 2.28. The molecule has 2 aromatic carbocycles. The summed E-state index contributed by atoms with van der Waals surface area (Å²) in [5.41, 5.74) is 0. The number of benzene rings is 2. The molecule has 2 aromatic rings. The van der Waals surface area contributed by atoms with E-state index < -0.39 is 7.92 Å². The summed E-state index contributed by atoms with van der Waals surface area (Å²) >= 11 is 0. The fourth-order valence-electron chi connectivity index (χ4n) is 3.28. The van der Waals surface area contributed by atoms with Gasteiger partial charge in [0.15, 0.2) is 23.0 Å². The molecule has 0 spiro atoms. The second-order valence-corrected chi connectivity index (χ2v) is 8.48. The van der Waals surface area contributed by atoms with E-state index in [0.717, 1.165) is 29.6 Å². The molecule has 7 heteroatoms. The first kappa shape index (κ1) is 23.0. The predicted molar refractivity (Wildman–Crippen MR) is 118 cm³/mol. The molecule has 0 amide bonds. The number of methoxy groups -OCH3 is 6. The third-order valence-corrected chi connectivity index (χ3v) is 7.31. The van der Waals surface area contributed by atoms with Crippen LogP contribution in [-0.4, -0.2) is 48.8 Å². The second kappa shape index (κ2) is 11.0. The van der Waals surface area contributed by atoms with Gasteiger partial charge in [-0.15, -0.1) is 0 Å². The Balaban J connectivity index is 2.74. The number of unbranched alkanes of at least 4 members (excludes halogenated alkanes) is 1. The second-order valence-electron chi connectivity index (χ2n) is 6.21. The third kappa shape index (κ3) is 4.64. The lowest BCUT2D eigenvalue weighted by Crippen LogP contribution is -2.19. The first-order valence-corrected chi connectivity index (χ1v) is 11.0. The van der Waals surface area contributed by atoms with Crippen molar-refractivity contribution in [1.29, 1.82) is 0 Å². The smallest absolute Gasteiger partial charge is 0.203 e. The van der Waals surface area contributed by atoms with E-state index in [1.54, 1.807) is 42.7 Å². The van der Waals surface area contributed by atoms with Crippen LogP contribution >= 0.6 is 7.92 Å². The van der Waals surface area contributed by atoms with Gasteiger partial charge in [-0.1, -0.05) is 13.3 Å². The molecule has 29 heavy (non-hydrogen) atoms. The Hall–Kier alpha value is -2.33. The minimum atomic E-state index is -0.810. The van der Waals surface area contributed by atoms with Crippen LogP contribution in [0.25, 0.3) is 0 Å². The summed E-state index contributed by atoms with van der Waals surface area (Å²) in [6.07, 6.45) is 3.13. The van der Waals surface area contributed by atoms with Crippen LogP contribution in [0.4, 0.5) is 0 Å². The molecule has 0 saturated carbocycles. The lowest BCUT2D eigenvalue weighted by molar-refractivity contribution is 0.325. The lowest BCUT2D eigenvalue weighted by Gasteiger charge is -2.25. The molecule has 0 saturated heterocycles. The van der Waals surface area contributed by atoms with Gasteiger partial charge in [-0.05, 0) is 44.8 Å². The Kier molecular flexibility index (Phi) is 8.71. The minimum absolute atomic E-state index is 0.593. The monoisotopic (exact) mass is 422 g/mol. The molecule has 0 heterocycles. The largest absolute Gasteiger partial charge is 0.493 e. The highest BCUT2D eigenvalue weighted by molar-refractivity contribution is 7.73. The number of hydrogen-bond donors (Lipinski definition) is 0. The predicted octanol–water partition coefficient (Wildman–Crippen LogP) is 3.97. The van der Waals surface area contributed by atoms with Gasteiger partial charge in [0.25, 0.3) is 0 Å². The van der Waals surface area contributed by atoms with E-state index >= 15 is 0 Å². The first-order valence-electron chi connectivity index (χ1n) is 9.47. The van der Waals surface area contributed by atoms with Gasteiger partial charge in [-0.2, -0.15) is 0 Å². The highest BCUT2D eigenvalue weighted by atomic mass is 31.1. The molecule has 0 aromatic heterocycles. The van der Waals surface area contributed by atoms with Crippen molar-refractivity contribution >= 4 is 18.5 Å². The van der Waals surface area contributed by atoms with Gasteiger partial charge in [0.2, 0.25) is 11.5 Å². The molecule has 0 unspecified atom stereocenters. The molecular weight excluding hydrogens is 391 g/mol. The SMILES string of the molecule is CCCCP(c1ccc(OC)c(OC)c1OC)c1ccc(OC)c(OC)c1OC. The van der Waals surface area contributed by atoms with Crippen LogP contribution in [0.1, 0.15) is 19.8 Å². The molecule has 0 bridgehead atoms. The Morgan fingerprint density at radius 3 is 1.31 bits per heavy atom. The van der Waals surface area contributed by atoms with Gasteiger partial charge in [0, 0.05) is 10.6 Å². The van der Waals surface area contributed by atoms with Crippen molar-refractivity contribution in [3.8, 4) is 34.5 Å². The molecule has 0 atom stereocenters. The Bertz CT molecular complexity index is 745. The highest BCUT2D eigenvalue weighted by Crippen LogP contribution is 2.49. The van der Waals surface area contributed by atoms with E-state index in [2.05, 4.69) is 19.1 Å². The molecule has 0 radical (unpaired) electrons. The van der Waals surface area contributed by atoms with Crippen LogP contribution in [0, 0.1) is 0 Å². The molecule has 160 valence electrons. The molecule has 6 nitrogen and oxygen atoms in total. The number of rotatable bonds is 11. The van der Waals surface area contributed by atoms with Gasteiger partial charge < -0.3 is 28.4 Å². The van der Waals surface area contributed by atoms with Crippen LogP contribution in [0.15, 0.2) is 24.3 Å². The summed E-state index contributed by atoms with van der Waals surface area (Å²) in [5, 5.41) is 2.14. The van der Waals surface area contributed by atoms with Crippen molar-refractivity contribution in [2.45, 2.75) is 19.8 Å². The molecule has 2 rings (SSSR count). The number of hydrogen-bond acceptors (Lipinski definition) is 6. The fourth-order valence-corrected chi connectivity index (χ4v) is 6.04. The zero-order valence-electron chi connectivity index (χ0n) is 18.3. The summed E-state index contributed by atoms with van der Waals surface area (Å²) in [6, 6.07) is 7.95. The minimum Gasteiger partial charge on any atom is -0.493 e. The van der Waals surface area contributed by atoms with Crippen molar-refractivity contribution in [3.05, 3.63) is 24.3 Å². The van der Waals surface area contributed by atoms with Gasteiger partial charge >= 0.3 is 0 Å². The Labute approximate surface area is 174 Å². The average molecular weight is 422 g/mol. The van der Waals surface area contributed by atoms with Crippen molar-refractivity contribution < 1.29 is 28.4 Å². The standard InChI is InChI=1S/C22H31O6P/c1-8-9-14-29(17-12-10-15(23-2)19(25-4)21(17)27-6)18-13-11-16(24-3)20(26-5)22(18)28-7/h10-13H,8-9,14H2,1-7H3.